The standard InChI is InChI=1S/C42H26N6/c1-3-12-28(13-4-1)40-44-41(29-14-5-2-6-15-29)46-42(45-40)31-17-7-8-18-33(31)47-35-19-9-10-20-36(35)48-34-24-25-43-26-32(34)30-23-22-27-16-11-21-37(47)38(27)39(30)48/h1-26H. The van der Waals surface area contributed by atoms with Gasteiger partial charge in [-0.05, 0) is 41.8 Å². The number of hydrogen-bond donors (Lipinski definition) is 0. The molecule has 4 heterocycles. The van der Waals surface area contributed by atoms with Crippen molar-refractivity contribution in [3.8, 4) is 39.9 Å². The second kappa shape index (κ2) is 10.4. The number of fused-ring (bicyclic) bond motifs is 5. The molecule has 0 aliphatic heterocycles. The van der Waals surface area contributed by atoms with Gasteiger partial charge in [0.1, 0.15) is 0 Å². The summed E-state index contributed by atoms with van der Waals surface area (Å²) < 4.78 is 4.78. The Morgan fingerprint density at radius 2 is 1.08 bits per heavy atom. The number of benzene rings is 6. The van der Waals surface area contributed by atoms with E-state index in [1.807, 2.05) is 73.1 Å². The van der Waals surface area contributed by atoms with E-state index in [4.69, 9.17) is 15.0 Å². The molecule has 48 heavy (non-hydrogen) atoms. The Morgan fingerprint density at radius 3 is 1.85 bits per heavy atom. The van der Waals surface area contributed by atoms with Crippen LogP contribution in [0.25, 0.3) is 89.0 Å². The van der Waals surface area contributed by atoms with Gasteiger partial charge in [0.05, 0.1) is 33.3 Å². The first-order valence-corrected chi connectivity index (χ1v) is 16.0. The average Bonchev–Trinajstić information content (AvgIpc) is 3.44. The van der Waals surface area contributed by atoms with Gasteiger partial charge in [-0.3, -0.25) is 4.98 Å². The van der Waals surface area contributed by atoms with Crippen molar-refractivity contribution in [1.29, 1.82) is 0 Å². The summed E-state index contributed by atoms with van der Waals surface area (Å²) in [6.07, 6.45) is 3.86. The van der Waals surface area contributed by atoms with E-state index in [0.717, 1.165) is 49.8 Å². The minimum absolute atomic E-state index is 0.613. The molecule has 0 spiro atoms. The van der Waals surface area contributed by atoms with Gasteiger partial charge >= 0.3 is 0 Å². The maximum atomic E-state index is 5.13. The third-order valence-corrected chi connectivity index (χ3v) is 9.24. The molecule has 0 N–H and O–H groups in total. The van der Waals surface area contributed by atoms with Gasteiger partial charge in [0.25, 0.3) is 0 Å². The van der Waals surface area contributed by atoms with Gasteiger partial charge in [-0.2, -0.15) is 0 Å². The van der Waals surface area contributed by atoms with Gasteiger partial charge in [-0.1, -0.05) is 109 Å². The van der Waals surface area contributed by atoms with Crippen LogP contribution < -0.4 is 0 Å². The molecule has 0 amide bonds. The summed E-state index contributed by atoms with van der Waals surface area (Å²) in [4.78, 5) is 19.7. The quantitative estimate of drug-likeness (QED) is 0.198. The third-order valence-electron chi connectivity index (χ3n) is 9.24. The molecule has 10 rings (SSSR count). The normalized spacial score (nSPS) is 11.8. The second-order valence-electron chi connectivity index (χ2n) is 11.9. The fraction of sp³-hybridized carbons (Fsp3) is 0. The Labute approximate surface area is 275 Å². The number of pyridine rings is 1. The SMILES string of the molecule is c1ccc(-c2nc(-c3ccccc3)nc(-c3ccccc3-n3c4cccc5ccc6c7cnccc7n(c7ccccc73)c6c54)n2)cc1. The molecular formula is C42H26N6. The predicted molar refractivity (Wildman–Crippen MR) is 194 cm³/mol. The zero-order valence-electron chi connectivity index (χ0n) is 25.7. The van der Waals surface area contributed by atoms with Crippen molar-refractivity contribution in [3.05, 3.63) is 158 Å². The summed E-state index contributed by atoms with van der Waals surface area (Å²) in [5, 5.41) is 4.67. The molecular weight excluding hydrogens is 589 g/mol. The first kappa shape index (κ1) is 26.5. The van der Waals surface area contributed by atoms with Crippen LogP contribution in [-0.4, -0.2) is 28.9 Å². The van der Waals surface area contributed by atoms with E-state index in [9.17, 15) is 0 Å². The lowest BCUT2D eigenvalue weighted by Crippen LogP contribution is -2.04. The zero-order chi connectivity index (χ0) is 31.6. The Hall–Kier alpha value is -6.66. The molecule has 0 radical (unpaired) electrons. The van der Waals surface area contributed by atoms with Crippen LogP contribution in [0.3, 0.4) is 0 Å². The smallest absolute Gasteiger partial charge is 0.166 e. The lowest BCUT2D eigenvalue weighted by molar-refractivity contribution is 1.06. The first-order valence-electron chi connectivity index (χ1n) is 16.0. The fourth-order valence-corrected chi connectivity index (χ4v) is 7.16. The molecule has 0 aliphatic rings. The maximum absolute atomic E-state index is 5.13. The van der Waals surface area contributed by atoms with Crippen LogP contribution >= 0.6 is 0 Å². The Morgan fingerprint density at radius 1 is 0.438 bits per heavy atom. The van der Waals surface area contributed by atoms with Crippen LogP contribution in [0.4, 0.5) is 0 Å². The topological polar surface area (TPSA) is 60.9 Å². The minimum atomic E-state index is 0.613. The molecule has 0 unspecified atom stereocenters. The summed E-state index contributed by atoms with van der Waals surface area (Å²) in [6, 6.07) is 50.4. The number of hydrogen-bond acceptors (Lipinski definition) is 4. The van der Waals surface area contributed by atoms with Gasteiger partial charge in [0.15, 0.2) is 17.5 Å². The van der Waals surface area contributed by atoms with E-state index in [0.29, 0.717) is 17.5 Å². The highest BCUT2D eigenvalue weighted by Crippen LogP contribution is 2.40. The zero-order valence-corrected chi connectivity index (χ0v) is 25.7. The van der Waals surface area contributed by atoms with Crippen LogP contribution in [0, 0.1) is 0 Å². The lowest BCUT2D eigenvalue weighted by atomic mass is 10.0. The third kappa shape index (κ3) is 3.93. The molecule has 4 aromatic heterocycles. The monoisotopic (exact) mass is 614 g/mol. The highest BCUT2D eigenvalue weighted by Gasteiger charge is 2.21. The maximum Gasteiger partial charge on any atom is 0.166 e. The molecule has 0 atom stereocenters. The highest BCUT2D eigenvalue weighted by molar-refractivity contribution is 6.23. The molecule has 0 bridgehead atoms. The van der Waals surface area contributed by atoms with Crippen LogP contribution in [0.5, 0.6) is 0 Å². The lowest BCUT2D eigenvalue weighted by Gasteiger charge is -2.17. The average molecular weight is 615 g/mol. The van der Waals surface area contributed by atoms with Gasteiger partial charge in [0, 0.05) is 45.2 Å². The molecule has 224 valence electrons. The Balaban J connectivity index is 1.36. The van der Waals surface area contributed by atoms with Gasteiger partial charge in [-0.15, -0.1) is 0 Å². The predicted octanol–water partition coefficient (Wildman–Crippen LogP) is 9.92. The Kier molecular flexibility index (Phi) is 5.77. The van der Waals surface area contributed by atoms with E-state index < -0.39 is 0 Å². The first-order chi connectivity index (χ1) is 23.8. The van der Waals surface area contributed by atoms with Gasteiger partial charge < -0.3 is 8.97 Å². The van der Waals surface area contributed by atoms with Crippen molar-refractivity contribution in [2.75, 3.05) is 0 Å². The molecule has 6 heteroatoms. The van der Waals surface area contributed by atoms with Crippen molar-refractivity contribution in [2.24, 2.45) is 0 Å². The van der Waals surface area contributed by atoms with Crippen molar-refractivity contribution < 1.29 is 0 Å². The largest absolute Gasteiger partial charge is 0.307 e. The summed E-state index contributed by atoms with van der Waals surface area (Å²) in [5.74, 6) is 1.88. The number of nitrogens with zero attached hydrogens (tertiary/aromatic N) is 6. The van der Waals surface area contributed by atoms with Crippen molar-refractivity contribution in [2.45, 2.75) is 0 Å². The second-order valence-corrected chi connectivity index (χ2v) is 11.9. The molecule has 0 saturated heterocycles. The molecule has 0 saturated carbocycles. The molecule has 6 aromatic carbocycles. The van der Waals surface area contributed by atoms with Crippen molar-refractivity contribution in [1.82, 2.24) is 28.9 Å². The van der Waals surface area contributed by atoms with Crippen LogP contribution in [0.15, 0.2) is 158 Å². The minimum Gasteiger partial charge on any atom is -0.307 e. The van der Waals surface area contributed by atoms with Gasteiger partial charge in [-0.25, -0.2) is 15.0 Å². The number of para-hydroxylation sites is 3. The molecule has 6 nitrogen and oxygen atoms in total. The van der Waals surface area contributed by atoms with E-state index in [-0.39, 0.29) is 0 Å². The molecule has 0 fully saturated rings. The Bertz CT molecular complexity index is 2760. The summed E-state index contributed by atoms with van der Waals surface area (Å²) in [7, 11) is 0. The molecule has 0 aliphatic carbocycles. The molecule has 10 aromatic rings. The summed E-state index contributed by atoms with van der Waals surface area (Å²) in [5.41, 5.74) is 9.31. The summed E-state index contributed by atoms with van der Waals surface area (Å²) in [6.45, 7) is 0. The van der Waals surface area contributed by atoms with E-state index in [1.165, 1.54) is 21.7 Å². The highest BCUT2D eigenvalue weighted by atomic mass is 15.1. The van der Waals surface area contributed by atoms with Crippen molar-refractivity contribution in [3.63, 3.8) is 0 Å². The fourth-order valence-electron chi connectivity index (χ4n) is 7.16. The van der Waals surface area contributed by atoms with E-state index in [2.05, 4.69) is 98.9 Å². The van der Waals surface area contributed by atoms with Crippen LogP contribution in [-0.2, 0) is 0 Å². The summed E-state index contributed by atoms with van der Waals surface area (Å²) >= 11 is 0. The van der Waals surface area contributed by atoms with Crippen molar-refractivity contribution >= 4 is 49.1 Å². The van der Waals surface area contributed by atoms with Crippen LogP contribution in [0.2, 0.25) is 0 Å². The van der Waals surface area contributed by atoms with E-state index >= 15 is 0 Å². The van der Waals surface area contributed by atoms with Gasteiger partial charge in [0.2, 0.25) is 0 Å². The number of aromatic nitrogens is 6. The van der Waals surface area contributed by atoms with Crippen LogP contribution in [0.1, 0.15) is 0 Å². The number of rotatable bonds is 4. The van der Waals surface area contributed by atoms with E-state index in [1.54, 1.807) is 0 Å².